The van der Waals surface area contributed by atoms with Crippen LogP contribution in [-0.2, 0) is 11.8 Å². The lowest BCUT2D eigenvalue weighted by Crippen LogP contribution is -2.34. The van der Waals surface area contributed by atoms with Crippen LogP contribution in [0.2, 0.25) is 0 Å². The molecule has 126 valence electrons. The summed E-state index contributed by atoms with van der Waals surface area (Å²) >= 11 is 0. The van der Waals surface area contributed by atoms with Crippen molar-refractivity contribution in [3.8, 4) is 0 Å². The highest BCUT2D eigenvalue weighted by atomic mass is 16.6. The number of nitro groups is 1. The molecule has 1 aliphatic heterocycles. The maximum absolute atomic E-state index is 12.3. The van der Waals surface area contributed by atoms with Gasteiger partial charge in [-0.1, -0.05) is 12.1 Å². The number of nitro benzene ring substituents is 1. The van der Waals surface area contributed by atoms with Crippen molar-refractivity contribution in [2.45, 2.75) is 18.9 Å². The highest BCUT2D eigenvalue weighted by molar-refractivity contribution is 5.94. The molecular weight excluding hydrogens is 312 g/mol. The number of hydrogen-bond donors (Lipinski definition) is 1. The molecule has 2 heterocycles. The summed E-state index contributed by atoms with van der Waals surface area (Å²) in [4.78, 5) is 24.9. The zero-order chi connectivity index (χ0) is 17.1. The molecule has 1 N–H and O–H groups in total. The number of amides is 1. The van der Waals surface area contributed by atoms with Gasteiger partial charge in [-0.2, -0.15) is 0 Å². The summed E-state index contributed by atoms with van der Waals surface area (Å²) in [6, 6.07) is 6.15. The van der Waals surface area contributed by atoms with Crippen molar-refractivity contribution < 1.29 is 9.72 Å². The number of carbonyl (C=O) groups excluding carboxylic acids is 1. The standard InChI is InChI=1S/C15H18N6O3/c1-19-10-16-18-15(19)13-7-4-8-20(13)9-14(22)17-11-5-2-3-6-12(11)21(23)24/h2-3,5-6,10,13H,4,7-9H2,1H3,(H,17,22)/t13-/m0/s1. The first-order valence-electron chi connectivity index (χ1n) is 7.67. The van der Waals surface area contributed by atoms with Gasteiger partial charge in [-0.3, -0.25) is 19.8 Å². The number of aryl methyl sites for hydroxylation is 1. The molecule has 1 fully saturated rings. The quantitative estimate of drug-likeness (QED) is 0.658. The molecule has 0 spiro atoms. The van der Waals surface area contributed by atoms with Gasteiger partial charge in [0, 0.05) is 13.1 Å². The Bertz CT molecular complexity index is 759. The molecule has 1 aromatic carbocycles. The minimum Gasteiger partial charge on any atom is -0.319 e. The normalized spacial score (nSPS) is 17.8. The highest BCUT2D eigenvalue weighted by Crippen LogP contribution is 2.30. The van der Waals surface area contributed by atoms with Gasteiger partial charge in [-0.05, 0) is 25.5 Å². The van der Waals surface area contributed by atoms with E-state index in [2.05, 4.69) is 15.5 Å². The number of nitrogens with zero attached hydrogens (tertiary/aromatic N) is 5. The molecule has 0 unspecified atom stereocenters. The molecule has 1 saturated heterocycles. The summed E-state index contributed by atoms with van der Waals surface area (Å²) < 4.78 is 1.85. The number of nitrogens with one attached hydrogen (secondary N) is 1. The molecule has 0 aliphatic carbocycles. The molecule has 1 aromatic heterocycles. The average Bonchev–Trinajstić information content (AvgIpc) is 3.16. The average molecular weight is 330 g/mol. The third-order valence-electron chi connectivity index (χ3n) is 4.13. The van der Waals surface area contributed by atoms with Crippen LogP contribution in [0.15, 0.2) is 30.6 Å². The lowest BCUT2D eigenvalue weighted by molar-refractivity contribution is -0.383. The van der Waals surface area contributed by atoms with Crippen LogP contribution in [0.25, 0.3) is 0 Å². The number of aromatic nitrogens is 3. The lowest BCUT2D eigenvalue weighted by atomic mass is 10.2. The number of carbonyl (C=O) groups is 1. The third-order valence-corrected chi connectivity index (χ3v) is 4.13. The van der Waals surface area contributed by atoms with Gasteiger partial charge < -0.3 is 9.88 Å². The van der Waals surface area contributed by atoms with Crippen LogP contribution in [0.3, 0.4) is 0 Å². The molecular formula is C15H18N6O3. The molecule has 0 saturated carbocycles. The van der Waals surface area contributed by atoms with E-state index in [1.165, 1.54) is 12.1 Å². The van der Waals surface area contributed by atoms with E-state index in [0.717, 1.165) is 25.2 Å². The highest BCUT2D eigenvalue weighted by Gasteiger charge is 2.31. The predicted octanol–water partition coefficient (Wildman–Crippen LogP) is 1.50. The molecule has 3 rings (SSSR count). The van der Waals surface area contributed by atoms with Gasteiger partial charge in [-0.25, -0.2) is 0 Å². The van der Waals surface area contributed by atoms with Crippen LogP contribution in [-0.4, -0.2) is 43.6 Å². The first-order chi connectivity index (χ1) is 11.6. The van der Waals surface area contributed by atoms with Crippen LogP contribution in [0, 0.1) is 10.1 Å². The predicted molar refractivity (Wildman–Crippen MR) is 86.3 cm³/mol. The number of rotatable bonds is 5. The Morgan fingerprint density at radius 3 is 2.96 bits per heavy atom. The molecule has 0 radical (unpaired) electrons. The second-order valence-electron chi connectivity index (χ2n) is 5.75. The summed E-state index contributed by atoms with van der Waals surface area (Å²) in [6.07, 6.45) is 3.51. The number of likely N-dealkylation sites (tertiary alicyclic amines) is 1. The van der Waals surface area contributed by atoms with Gasteiger partial charge >= 0.3 is 0 Å². The van der Waals surface area contributed by atoms with E-state index in [-0.39, 0.29) is 29.9 Å². The van der Waals surface area contributed by atoms with Gasteiger partial charge in [0.15, 0.2) is 0 Å². The van der Waals surface area contributed by atoms with Crippen molar-refractivity contribution in [1.29, 1.82) is 0 Å². The van der Waals surface area contributed by atoms with E-state index < -0.39 is 4.92 Å². The number of para-hydroxylation sites is 2. The molecule has 1 atom stereocenters. The maximum atomic E-state index is 12.3. The smallest absolute Gasteiger partial charge is 0.292 e. The Labute approximate surface area is 138 Å². The van der Waals surface area contributed by atoms with Gasteiger partial charge in [0.05, 0.1) is 17.5 Å². The van der Waals surface area contributed by atoms with Gasteiger partial charge in [0.25, 0.3) is 5.69 Å². The third kappa shape index (κ3) is 3.25. The minimum absolute atomic E-state index is 0.0361. The Balaban J connectivity index is 1.69. The van der Waals surface area contributed by atoms with E-state index in [9.17, 15) is 14.9 Å². The fourth-order valence-corrected chi connectivity index (χ4v) is 3.01. The van der Waals surface area contributed by atoms with Crippen LogP contribution in [0.4, 0.5) is 11.4 Å². The molecule has 2 aromatic rings. The van der Waals surface area contributed by atoms with Gasteiger partial charge in [0.1, 0.15) is 17.8 Å². The molecule has 1 aliphatic rings. The molecule has 0 bridgehead atoms. The van der Waals surface area contributed by atoms with Crippen LogP contribution >= 0.6 is 0 Å². The summed E-state index contributed by atoms with van der Waals surface area (Å²) in [6.45, 7) is 0.936. The van der Waals surface area contributed by atoms with Crippen molar-refractivity contribution in [2.24, 2.45) is 7.05 Å². The molecule has 1 amide bonds. The van der Waals surface area contributed by atoms with E-state index >= 15 is 0 Å². The van der Waals surface area contributed by atoms with E-state index in [1.54, 1.807) is 18.5 Å². The van der Waals surface area contributed by atoms with Crippen molar-refractivity contribution in [3.63, 3.8) is 0 Å². The second kappa shape index (κ2) is 6.75. The molecule has 9 heteroatoms. The van der Waals surface area contributed by atoms with Crippen molar-refractivity contribution in [2.75, 3.05) is 18.4 Å². The van der Waals surface area contributed by atoms with Crippen molar-refractivity contribution >= 4 is 17.3 Å². The second-order valence-corrected chi connectivity index (χ2v) is 5.75. The zero-order valence-corrected chi connectivity index (χ0v) is 13.3. The maximum Gasteiger partial charge on any atom is 0.292 e. The van der Waals surface area contributed by atoms with Crippen LogP contribution in [0.5, 0.6) is 0 Å². The number of anilines is 1. The van der Waals surface area contributed by atoms with Crippen LogP contribution in [0.1, 0.15) is 24.7 Å². The molecule has 24 heavy (non-hydrogen) atoms. The molecule has 9 nitrogen and oxygen atoms in total. The van der Waals surface area contributed by atoms with E-state index in [4.69, 9.17) is 0 Å². The topological polar surface area (TPSA) is 106 Å². The van der Waals surface area contributed by atoms with Crippen LogP contribution < -0.4 is 5.32 Å². The largest absolute Gasteiger partial charge is 0.319 e. The fourth-order valence-electron chi connectivity index (χ4n) is 3.01. The van der Waals surface area contributed by atoms with E-state index in [1.807, 2.05) is 16.5 Å². The Morgan fingerprint density at radius 2 is 2.25 bits per heavy atom. The summed E-state index contributed by atoms with van der Waals surface area (Å²) in [5.41, 5.74) is 0.0963. The van der Waals surface area contributed by atoms with Gasteiger partial charge in [-0.15, -0.1) is 10.2 Å². The first-order valence-corrected chi connectivity index (χ1v) is 7.67. The Morgan fingerprint density at radius 1 is 1.46 bits per heavy atom. The Kier molecular flexibility index (Phi) is 4.52. The number of hydrogen-bond acceptors (Lipinski definition) is 6. The monoisotopic (exact) mass is 330 g/mol. The van der Waals surface area contributed by atoms with Gasteiger partial charge in [0.2, 0.25) is 5.91 Å². The summed E-state index contributed by atoms with van der Waals surface area (Å²) in [5.74, 6) is 0.546. The van der Waals surface area contributed by atoms with Crippen molar-refractivity contribution in [3.05, 3.63) is 46.5 Å². The minimum atomic E-state index is -0.506. The lowest BCUT2D eigenvalue weighted by Gasteiger charge is -2.22. The van der Waals surface area contributed by atoms with E-state index in [0.29, 0.717) is 0 Å². The fraction of sp³-hybridized carbons (Fsp3) is 0.400. The Hall–Kier alpha value is -2.81. The first kappa shape index (κ1) is 16.1. The SMILES string of the molecule is Cn1cnnc1[C@@H]1CCCN1CC(=O)Nc1ccccc1[N+](=O)[O-]. The summed E-state index contributed by atoms with van der Waals surface area (Å²) in [7, 11) is 1.87. The zero-order valence-electron chi connectivity index (χ0n) is 13.3. The summed E-state index contributed by atoms with van der Waals surface area (Å²) in [5, 5.41) is 21.7. The number of benzene rings is 1. The van der Waals surface area contributed by atoms with Crippen molar-refractivity contribution in [1.82, 2.24) is 19.7 Å².